The molecule has 0 aliphatic carbocycles. The molecule has 0 spiro atoms. The number of amides is 1. The van der Waals surface area contributed by atoms with E-state index in [0.717, 1.165) is 41.2 Å². The van der Waals surface area contributed by atoms with Gasteiger partial charge in [0.2, 0.25) is 0 Å². The number of alkyl carbamates (subject to hydrolysis) is 1. The molecule has 9 heteroatoms. The SMILES string of the molecule is CCC(CC)c1ccc(N(Cc2nc(-c3ccc(CSC[C@H](NC(=O)OC(C)(C)C)C(=O)OC)cc3)cs2)C(C)C)cc1. The number of carbonyl (C=O) groups excluding carboxylic acids is 2. The second-order valence-corrected chi connectivity index (χ2v) is 13.9. The molecule has 1 heterocycles. The topological polar surface area (TPSA) is 80.8 Å². The van der Waals surface area contributed by atoms with Gasteiger partial charge < -0.3 is 19.7 Å². The van der Waals surface area contributed by atoms with Gasteiger partial charge in [-0.05, 0) is 76.6 Å². The Bertz CT molecular complexity index is 1300. The van der Waals surface area contributed by atoms with E-state index in [2.05, 4.69) is 91.8 Å². The van der Waals surface area contributed by atoms with Crippen molar-refractivity contribution in [2.75, 3.05) is 17.8 Å². The van der Waals surface area contributed by atoms with E-state index in [9.17, 15) is 9.59 Å². The molecular weight excluding hydrogens is 579 g/mol. The molecular formula is C34H47N3O4S2. The van der Waals surface area contributed by atoms with Gasteiger partial charge in [-0.25, -0.2) is 14.6 Å². The first kappa shape index (κ1) is 34.5. The molecule has 43 heavy (non-hydrogen) atoms. The Labute approximate surface area is 265 Å². The summed E-state index contributed by atoms with van der Waals surface area (Å²) in [6.07, 6.45) is 1.69. The molecule has 0 unspecified atom stereocenters. The standard InChI is InChI=1S/C34H47N3O4S2/c1-9-25(10-2)26-15-17-28(18-16-26)37(23(3)4)19-31-35-29(22-43-31)27-13-11-24(12-14-27)20-42-21-30(32(38)40-8)36-33(39)41-34(5,6)7/h11-18,22-23,25,30H,9-10,19-21H2,1-8H3,(H,36,39)/t30-/m0/s1. The van der Waals surface area contributed by atoms with Crippen molar-refractivity contribution in [1.82, 2.24) is 10.3 Å². The summed E-state index contributed by atoms with van der Waals surface area (Å²) in [5.41, 5.74) is 5.15. The number of ether oxygens (including phenoxy) is 2. The number of aromatic nitrogens is 1. The van der Waals surface area contributed by atoms with Crippen molar-refractivity contribution in [3.63, 3.8) is 0 Å². The van der Waals surface area contributed by atoms with Crippen molar-refractivity contribution in [3.8, 4) is 11.3 Å². The minimum Gasteiger partial charge on any atom is -0.467 e. The van der Waals surface area contributed by atoms with Gasteiger partial charge in [0.25, 0.3) is 0 Å². The summed E-state index contributed by atoms with van der Waals surface area (Å²) >= 11 is 3.23. The predicted octanol–water partition coefficient (Wildman–Crippen LogP) is 8.43. The Morgan fingerprint density at radius 1 is 1.02 bits per heavy atom. The summed E-state index contributed by atoms with van der Waals surface area (Å²) in [6, 6.07) is 17.0. The first-order chi connectivity index (χ1) is 20.4. The van der Waals surface area contributed by atoms with Crippen molar-refractivity contribution >= 4 is 40.8 Å². The largest absolute Gasteiger partial charge is 0.467 e. The van der Waals surface area contributed by atoms with Crippen molar-refractivity contribution in [2.24, 2.45) is 0 Å². The fourth-order valence-electron chi connectivity index (χ4n) is 4.76. The third-order valence-corrected chi connectivity index (χ3v) is 9.08. The minimum atomic E-state index is -0.787. The van der Waals surface area contributed by atoms with Crippen LogP contribution in [0, 0.1) is 0 Å². The van der Waals surface area contributed by atoms with E-state index in [4.69, 9.17) is 14.5 Å². The highest BCUT2D eigenvalue weighted by molar-refractivity contribution is 7.98. The van der Waals surface area contributed by atoms with Gasteiger partial charge in [-0.2, -0.15) is 11.8 Å². The van der Waals surface area contributed by atoms with Crippen LogP contribution < -0.4 is 10.2 Å². The summed E-state index contributed by atoms with van der Waals surface area (Å²) in [5, 5.41) is 5.82. The van der Waals surface area contributed by atoms with Crippen molar-refractivity contribution in [1.29, 1.82) is 0 Å². The first-order valence-electron chi connectivity index (χ1n) is 15.0. The number of hydrogen-bond donors (Lipinski definition) is 1. The number of nitrogens with one attached hydrogen (secondary N) is 1. The predicted molar refractivity (Wildman–Crippen MR) is 180 cm³/mol. The van der Waals surface area contributed by atoms with Crippen molar-refractivity contribution in [3.05, 3.63) is 70.0 Å². The summed E-state index contributed by atoms with van der Waals surface area (Å²) < 4.78 is 10.1. The van der Waals surface area contributed by atoms with Crippen LogP contribution in [0.25, 0.3) is 11.3 Å². The third-order valence-electron chi connectivity index (χ3n) is 7.14. The number of nitrogens with zero attached hydrogens (tertiary/aromatic N) is 2. The van der Waals surface area contributed by atoms with Gasteiger partial charge in [-0.1, -0.05) is 50.2 Å². The molecule has 0 saturated carbocycles. The lowest BCUT2D eigenvalue weighted by Crippen LogP contribution is -2.45. The number of benzene rings is 2. The van der Waals surface area contributed by atoms with Gasteiger partial charge in [0.05, 0.1) is 19.3 Å². The smallest absolute Gasteiger partial charge is 0.408 e. The Kier molecular flexibility index (Phi) is 12.9. The quantitative estimate of drug-likeness (QED) is 0.180. The number of esters is 1. The lowest BCUT2D eigenvalue weighted by Gasteiger charge is -2.28. The number of hydrogen-bond acceptors (Lipinski definition) is 8. The van der Waals surface area contributed by atoms with Crippen molar-refractivity contribution in [2.45, 2.75) is 97.2 Å². The maximum atomic E-state index is 12.2. The molecule has 3 rings (SSSR count). The number of rotatable bonds is 14. The second kappa shape index (κ2) is 16.1. The number of thioether (sulfide) groups is 1. The van der Waals surface area contributed by atoms with Crippen LogP contribution in [0.3, 0.4) is 0 Å². The van der Waals surface area contributed by atoms with Crippen LogP contribution >= 0.6 is 23.1 Å². The lowest BCUT2D eigenvalue weighted by atomic mass is 9.94. The Hall–Kier alpha value is -3.04. The summed E-state index contributed by atoms with van der Waals surface area (Å²) in [5.74, 6) is 1.18. The van der Waals surface area contributed by atoms with Gasteiger partial charge in [-0.15, -0.1) is 11.3 Å². The van der Waals surface area contributed by atoms with Crippen LogP contribution in [0.2, 0.25) is 0 Å². The third kappa shape index (κ3) is 10.6. The summed E-state index contributed by atoms with van der Waals surface area (Å²) in [6.45, 7) is 15.1. The molecule has 0 bridgehead atoms. The zero-order valence-corrected chi connectivity index (χ0v) is 28.4. The zero-order valence-electron chi connectivity index (χ0n) is 26.8. The average molecular weight is 626 g/mol. The maximum absolute atomic E-state index is 12.2. The van der Waals surface area contributed by atoms with E-state index in [1.54, 1.807) is 43.9 Å². The molecule has 1 amide bonds. The monoisotopic (exact) mass is 625 g/mol. The zero-order chi connectivity index (χ0) is 31.6. The highest BCUT2D eigenvalue weighted by atomic mass is 32.2. The van der Waals surface area contributed by atoms with Crippen LogP contribution in [0.5, 0.6) is 0 Å². The molecule has 234 valence electrons. The fraction of sp³-hybridized carbons (Fsp3) is 0.500. The van der Waals surface area contributed by atoms with Crippen LogP contribution in [0.15, 0.2) is 53.9 Å². The molecule has 0 radical (unpaired) electrons. The summed E-state index contributed by atoms with van der Waals surface area (Å²) in [4.78, 5) is 31.7. The Morgan fingerprint density at radius 3 is 2.23 bits per heavy atom. The van der Waals surface area contributed by atoms with Crippen LogP contribution in [-0.4, -0.2) is 47.6 Å². The van der Waals surface area contributed by atoms with E-state index in [0.29, 0.717) is 23.5 Å². The summed E-state index contributed by atoms with van der Waals surface area (Å²) in [7, 11) is 1.31. The normalized spacial score (nSPS) is 12.3. The molecule has 1 atom stereocenters. The highest BCUT2D eigenvalue weighted by Crippen LogP contribution is 2.29. The first-order valence-corrected chi connectivity index (χ1v) is 17.0. The number of methoxy groups -OCH3 is 1. The molecule has 2 aromatic carbocycles. The van der Waals surface area contributed by atoms with E-state index >= 15 is 0 Å². The molecule has 3 aromatic rings. The second-order valence-electron chi connectivity index (χ2n) is 11.9. The minimum absolute atomic E-state index is 0.348. The van der Waals surface area contributed by atoms with Crippen molar-refractivity contribution < 1.29 is 19.1 Å². The molecule has 0 fully saturated rings. The van der Waals surface area contributed by atoms with Gasteiger partial charge in [0.15, 0.2) is 0 Å². The fourth-order valence-corrected chi connectivity index (χ4v) is 6.56. The molecule has 0 aliphatic heterocycles. The van der Waals surface area contributed by atoms with Gasteiger partial charge >= 0.3 is 12.1 Å². The van der Waals surface area contributed by atoms with Gasteiger partial charge in [0, 0.05) is 34.2 Å². The van der Waals surface area contributed by atoms with Crippen LogP contribution in [-0.2, 0) is 26.6 Å². The molecule has 7 nitrogen and oxygen atoms in total. The molecule has 1 N–H and O–H groups in total. The number of carbonyl (C=O) groups is 2. The number of anilines is 1. The molecule has 0 aliphatic rings. The van der Waals surface area contributed by atoms with Crippen LogP contribution in [0.1, 0.15) is 83.4 Å². The highest BCUT2D eigenvalue weighted by Gasteiger charge is 2.25. The maximum Gasteiger partial charge on any atom is 0.408 e. The Morgan fingerprint density at radius 2 is 1.67 bits per heavy atom. The molecule has 0 saturated heterocycles. The average Bonchev–Trinajstić information content (AvgIpc) is 3.44. The van der Waals surface area contributed by atoms with Crippen LogP contribution in [0.4, 0.5) is 10.5 Å². The van der Waals surface area contributed by atoms with E-state index < -0.39 is 23.7 Å². The van der Waals surface area contributed by atoms with Gasteiger partial charge in [-0.3, -0.25) is 0 Å². The molecule has 1 aromatic heterocycles. The Balaban J connectivity index is 1.59. The number of thiazole rings is 1. The van der Waals surface area contributed by atoms with E-state index in [-0.39, 0.29) is 0 Å². The van der Waals surface area contributed by atoms with E-state index in [1.165, 1.54) is 18.4 Å². The lowest BCUT2D eigenvalue weighted by molar-refractivity contribution is -0.142. The van der Waals surface area contributed by atoms with Gasteiger partial charge in [0.1, 0.15) is 16.7 Å². The van der Waals surface area contributed by atoms with E-state index in [1.807, 2.05) is 0 Å².